The van der Waals surface area contributed by atoms with E-state index in [1.54, 1.807) is 36.5 Å². The summed E-state index contributed by atoms with van der Waals surface area (Å²) in [5, 5.41) is 31.7. The Bertz CT molecular complexity index is 2840. The summed E-state index contributed by atoms with van der Waals surface area (Å²) in [6.07, 6.45) is 1.35. The summed E-state index contributed by atoms with van der Waals surface area (Å²) in [6, 6.07) is 11.3. The van der Waals surface area contributed by atoms with Crippen molar-refractivity contribution in [3.05, 3.63) is 114 Å². The number of aryl methyl sites for hydroxylation is 1. The Morgan fingerprint density at radius 1 is 0.872 bits per heavy atom. The molecule has 2 aromatic heterocycles. The fourth-order valence-corrected chi connectivity index (χ4v) is 11.2. The number of ether oxygens (including phenoxy) is 4. The maximum Gasteiger partial charge on any atom is 0.442 e. The van der Waals surface area contributed by atoms with E-state index in [2.05, 4.69) is 41.8 Å². The average Bonchev–Trinajstić information content (AvgIpc) is 4.04. The number of aromatic hydroxyl groups is 1. The van der Waals surface area contributed by atoms with Crippen molar-refractivity contribution in [2.24, 2.45) is 10.2 Å². The minimum absolute atomic E-state index is 0.00235. The zero-order valence-electron chi connectivity index (χ0n) is 43.0. The zero-order valence-corrected chi connectivity index (χ0v) is 44.6. The molecule has 5 heterocycles. The zero-order chi connectivity index (χ0) is 55.7. The molecule has 2 saturated heterocycles. The number of benzene rings is 2. The molecule has 21 nitrogen and oxygen atoms in total. The summed E-state index contributed by atoms with van der Waals surface area (Å²) >= 11 is 2.49. The van der Waals surface area contributed by atoms with E-state index in [4.69, 9.17) is 18.9 Å². The van der Waals surface area contributed by atoms with Gasteiger partial charge in [-0.1, -0.05) is 48.9 Å². The highest BCUT2D eigenvalue weighted by Crippen LogP contribution is 2.52. The number of thioether (sulfide) groups is 1. The lowest BCUT2D eigenvalue weighted by Crippen LogP contribution is -2.49. The molecule has 422 valence electrons. The maximum atomic E-state index is 13.7. The van der Waals surface area contributed by atoms with Crippen LogP contribution >= 0.6 is 23.1 Å². The third-order valence-electron chi connectivity index (χ3n) is 13.1. The molecule has 3 aliphatic heterocycles. The number of hydrogen-bond donors (Lipinski definition) is 7. The number of unbranched alkanes of at least 4 members (excludes halogenated alkanes) is 1. The largest absolute Gasteiger partial charge is 0.493 e. The molecule has 5 amide bonds. The Balaban J connectivity index is 0.803. The second-order valence-electron chi connectivity index (χ2n) is 18.7. The van der Waals surface area contributed by atoms with Crippen LogP contribution in [-0.2, 0) is 48.7 Å². The first-order chi connectivity index (χ1) is 37.5. The van der Waals surface area contributed by atoms with Crippen LogP contribution in [0, 0.1) is 0 Å². The first kappa shape index (κ1) is 59.1. The fourth-order valence-electron chi connectivity index (χ4n) is 8.70. The van der Waals surface area contributed by atoms with Crippen molar-refractivity contribution in [3.8, 4) is 11.6 Å². The van der Waals surface area contributed by atoms with Gasteiger partial charge in [0.05, 0.1) is 56.4 Å². The van der Waals surface area contributed by atoms with Gasteiger partial charge < -0.3 is 55.6 Å². The van der Waals surface area contributed by atoms with Crippen LogP contribution in [-0.4, -0.2) is 139 Å². The van der Waals surface area contributed by atoms with E-state index in [9.17, 15) is 51.8 Å². The number of carbonyl (C=O) groups excluding carboxylic acids is 5. The average molecular weight is 1130 g/mol. The number of H-pyrrole nitrogens is 1. The lowest BCUT2D eigenvalue weighted by Gasteiger charge is -2.19. The van der Waals surface area contributed by atoms with E-state index in [0.717, 1.165) is 55.0 Å². The topological polar surface area (TPSA) is 282 Å². The number of nitrogens with zero attached hydrogens (tertiary/aromatic N) is 3. The van der Waals surface area contributed by atoms with Crippen LogP contribution < -0.4 is 41.6 Å². The van der Waals surface area contributed by atoms with E-state index in [0.29, 0.717) is 103 Å². The van der Waals surface area contributed by atoms with E-state index < -0.39 is 52.8 Å². The number of pyridine rings is 1. The van der Waals surface area contributed by atoms with Crippen molar-refractivity contribution in [2.45, 2.75) is 106 Å². The third-order valence-corrected chi connectivity index (χ3v) is 15.5. The number of carbonyl (C=O) groups is 5. The molecule has 4 atom stereocenters. The fraction of sp³-hybridized carbons (Fsp3) is 0.519. The molecule has 2 aromatic carbocycles. The standard InChI is InChI=1S/C52H64F3N9O12S2/c1-2-33-30-58-36(28-40(33)65)17-22-76-37-15-9-32(10-16-37)27-42-48(70)64(50(72)78-42)44(67)29-38(59-46(68)34-11-13-35(14-12-34)51(62-63-51)52(53,54)55)47(69)57-19-6-21-74-24-26-75-25-23-73-20-5-18-56-43(66)8-4-3-7-41-45-39(31-77-41)60-49(71)61-45/h9-16,28,30,38-39,41,45,70H,2-8,17-27,29,31H2,1H3,(H,56,66)(H,57,69)(H,58,65)(H,59,68)(H2,60,61,71)/t38-,39+,41+,45+/m1/s1. The van der Waals surface area contributed by atoms with Crippen molar-refractivity contribution < 1.29 is 61.2 Å². The number of aromatic nitrogens is 2. The smallest absolute Gasteiger partial charge is 0.442 e. The van der Waals surface area contributed by atoms with E-state index >= 15 is 0 Å². The van der Waals surface area contributed by atoms with Crippen molar-refractivity contribution in [1.29, 1.82) is 0 Å². The van der Waals surface area contributed by atoms with Crippen molar-refractivity contribution in [2.75, 3.05) is 65.1 Å². The molecule has 0 saturated carbocycles. The Morgan fingerprint density at radius 2 is 1.55 bits per heavy atom. The summed E-state index contributed by atoms with van der Waals surface area (Å²) in [5.74, 6) is -1.93. The number of aromatic amines is 1. The van der Waals surface area contributed by atoms with Gasteiger partial charge in [0.1, 0.15) is 11.8 Å². The number of urea groups is 1. The molecule has 4 aromatic rings. The van der Waals surface area contributed by atoms with Crippen LogP contribution in [0.15, 0.2) is 80.6 Å². The van der Waals surface area contributed by atoms with Gasteiger partial charge in [-0.25, -0.2) is 9.36 Å². The molecule has 7 N–H and O–H groups in total. The van der Waals surface area contributed by atoms with Crippen LogP contribution in [0.2, 0.25) is 0 Å². The van der Waals surface area contributed by atoms with Crippen molar-refractivity contribution >= 4 is 52.8 Å². The molecule has 78 heavy (non-hydrogen) atoms. The Morgan fingerprint density at radius 3 is 2.21 bits per heavy atom. The summed E-state index contributed by atoms with van der Waals surface area (Å²) in [5.41, 5.74) is -1.13. The molecule has 0 spiro atoms. The Hall–Kier alpha value is -6.61. The summed E-state index contributed by atoms with van der Waals surface area (Å²) in [4.78, 5) is 92.2. The third kappa shape index (κ3) is 16.5. The van der Waals surface area contributed by atoms with Gasteiger partial charge in [-0.2, -0.15) is 24.9 Å². The number of thiazole rings is 1. The second kappa shape index (κ2) is 28.3. The van der Waals surface area contributed by atoms with E-state index in [1.165, 1.54) is 0 Å². The minimum Gasteiger partial charge on any atom is -0.493 e. The van der Waals surface area contributed by atoms with E-state index in [1.807, 2.05) is 18.7 Å². The van der Waals surface area contributed by atoms with Crippen molar-refractivity contribution in [3.63, 3.8) is 0 Å². The molecule has 0 radical (unpaired) electrons. The van der Waals surface area contributed by atoms with Gasteiger partial charge in [0, 0.05) is 91.2 Å². The van der Waals surface area contributed by atoms with Gasteiger partial charge in [-0.05, 0) is 61.9 Å². The number of halogens is 3. The predicted octanol–water partition coefficient (Wildman–Crippen LogP) is 4.88. The van der Waals surface area contributed by atoms with Gasteiger partial charge >= 0.3 is 22.7 Å². The summed E-state index contributed by atoms with van der Waals surface area (Å²) in [7, 11) is 0. The van der Waals surface area contributed by atoms with Gasteiger partial charge in [0.25, 0.3) is 5.91 Å². The lowest BCUT2D eigenvalue weighted by molar-refractivity contribution is -0.166. The number of rotatable bonds is 32. The van der Waals surface area contributed by atoms with Gasteiger partial charge in [-0.15, -0.1) is 10.2 Å². The van der Waals surface area contributed by atoms with Gasteiger partial charge in [0.2, 0.25) is 23.6 Å². The van der Waals surface area contributed by atoms with Crippen LogP contribution in [0.3, 0.4) is 0 Å². The summed E-state index contributed by atoms with van der Waals surface area (Å²) < 4.78 is 63.9. The number of alkyl halides is 3. The first-order valence-electron chi connectivity index (χ1n) is 25.8. The second-order valence-corrected chi connectivity index (χ2v) is 21.0. The quantitative estimate of drug-likeness (QED) is 0.0254. The molecule has 2 fully saturated rings. The minimum atomic E-state index is -4.80. The van der Waals surface area contributed by atoms with Crippen LogP contribution in [0.1, 0.15) is 94.3 Å². The summed E-state index contributed by atoms with van der Waals surface area (Å²) in [6.45, 7) is 4.58. The molecular weight excluding hydrogens is 1060 g/mol. The Kier molecular flexibility index (Phi) is 21.4. The monoisotopic (exact) mass is 1130 g/mol. The molecular formula is C52H64F3N9O12S2. The molecule has 0 unspecified atom stereocenters. The molecule has 0 aliphatic carbocycles. The van der Waals surface area contributed by atoms with Crippen LogP contribution in [0.4, 0.5) is 18.0 Å². The molecule has 0 bridgehead atoms. The highest BCUT2D eigenvalue weighted by Gasteiger charge is 2.65. The van der Waals surface area contributed by atoms with Crippen LogP contribution in [0.5, 0.6) is 11.6 Å². The predicted molar refractivity (Wildman–Crippen MR) is 282 cm³/mol. The molecule has 26 heteroatoms. The molecule has 7 rings (SSSR count). The van der Waals surface area contributed by atoms with Crippen LogP contribution in [0.25, 0.3) is 0 Å². The number of amides is 5. The van der Waals surface area contributed by atoms with Crippen molar-refractivity contribution in [1.82, 2.24) is 36.1 Å². The normalized spacial score (nSPS) is 17.4. The maximum absolute atomic E-state index is 13.7. The highest BCUT2D eigenvalue weighted by molar-refractivity contribution is 8.00. The van der Waals surface area contributed by atoms with Gasteiger partial charge in [-0.3, -0.25) is 28.8 Å². The van der Waals surface area contributed by atoms with Gasteiger partial charge in [0.15, 0.2) is 5.43 Å². The first-order valence-corrected chi connectivity index (χ1v) is 27.7. The number of hydrogen-bond acceptors (Lipinski definition) is 16. The Labute approximate surface area is 455 Å². The molecule has 3 aliphatic rings. The highest BCUT2D eigenvalue weighted by atomic mass is 32.2. The number of fused-ring (bicyclic) bond motifs is 1. The van der Waals surface area contributed by atoms with E-state index in [-0.39, 0.29) is 78.2 Å². The SMILES string of the molecule is CCc1c[nH]c(CCOc2ccc(Cc3sc(=O)n(C(=O)C[C@@H](NC(=O)c4ccc(C5(C(F)(F)F)N=N5)cc4)C(=O)NCCCOCCOCCOCCCNC(=O)CCCC[C@@H]4SC[C@@H]5NC(=O)N[C@@H]54)c3O)cc2)cc1=O. The number of nitrogens with one attached hydrogen (secondary N) is 6. The lowest BCUT2D eigenvalue weighted by atomic mass is 10.0.